The molecule has 2 aliphatic heterocycles. The molecule has 1 fully saturated rings. The summed E-state index contributed by atoms with van der Waals surface area (Å²) >= 11 is 0. The highest BCUT2D eigenvalue weighted by atomic mass is 19.3. The number of amides is 1. The molecule has 1 unspecified atom stereocenters. The Bertz CT molecular complexity index is 1570. The van der Waals surface area contributed by atoms with Crippen LogP contribution in [0.3, 0.4) is 0 Å². The summed E-state index contributed by atoms with van der Waals surface area (Å²) in [6.07, 6.45) is 6.99. The fourth-order valence-electron chi connectivity index (χ4n) is 5.45. The highest BCUT2D eigenvalue weighted by molar-refractivity contribution is 6.02. The minimum Gasteiger partial charge on any atom is -0.464 e. The molecule has 10 heteroatoms. The van der Waals surface area contributed by atoms with Crippen molar-refractivity contribution >= 4 is 16.9 Å². The van der Waals surface area contributed by atoms with Crippen LogP contribution in [0.2, 0.25) is 0 Å². The first-order chi connectivity index (χ1) is 18.4. The van der Waals surface area contributed by atoms with Gasteiger partial charge in [0.1, 0.15) is 17.9 Å². The Labute approximate surface area is 217 Å². The number of nitriles is 1. The standard InChI is InChI=1S/C28H25F2N5O3/c1-33-7-5-21(15-33)35-14-20(13-32-35)17-2-3-22-23(16-37-24(22)11-17)19-10-18-4-8-34(9-6-31)27(36)26(18)25(12-19)38-28(29)30/h2-3,10-14,16,21,28H,4-5,7-9,15H2,1H3. The molecule has 0 bridgehead atoms. The van der Waals surface area contributed by atoms with E-state index in [4.69, 9.17) is 14.4 Å². The van der Waals surface area contributed by atoms with Gasteiger partial charge in [-0.3, -0.25) is 9.48 Å². The summed E-state index contributed by atoms with van der Waals surface area (Å²) in [7, 11) is 2.11. The fraction of sp³-hybridized carbons (Fsp3) is 0.321. The predicted octanol–water partition coefficient (Wildman–Crippen LogP) is 4.96. The second-order valence-electron chi connectivity index (χ2n) is 9.80. The molecule has 2 aromatic carbocycles. The van der Waals surface area contributed by atoms with E-state index in [-0.39, 0.29) is 17.9 Å². The van der Waals surface area contributed by atoms with Crippen LogP contribution in [-0.4, -0.2) is 65.3 Å². The molecule has 1 atom stereocenters. The quantitative estimate of drug-likeness (QED) is 0.336. The van der Waals surface area contributed by atoms with E-state index in [9.17, 15) is 13.6 Å². The maximum absolute atomic E-state index is 13.3. The lowest BCUT2D eigenvalue weighted by molar-refractivity contribution is -0.0503. The lowest BCUT2D eigenvalue weighted by atomic mass is 9.92. The molecule has 4 aromatic rings. The molecule has 1 saturated heterocycles. The van der Waals surface area contributed by atoms with Crippen LogP contribution in [0.5, 0.6) is 5.75 Å². The number of furan rings is 1. The molecule has 0 radical (unpaired) electrons. The smallest absolute Gasteiger partial charge is 0.387 e. The molecule has 0 aliphatic carbocycles. The third-order valence-corrected chi connectivity index (χ3v) is 7.38. The van der Waals surface area contributed by atoms with Gasteiger partial charge < -0.3 is 19.0 Å². The van der Waals surface area contributed by atoms with Gasteiger partial charge in [0.05, 0.1) is 30.1 Å². The van der Waals surface area contributed by atoms with E-state index in [2.05, 4.69) is 23.2 Å². The summed E-state index contributed by atoms with van der Waals surface area (Å²) < 4.78 is 39.3. The van der Waals surface area contributed by atoms with Gasteiger partial charge in [-0.05, 0) is 67.4 Å². The Morgan fingerprint density at radius 1 is 1.21 bits per heavy atom. The van der Waals surface area contributed by atoms with E-state index in [0.717, 1.165) is 36.0 Å². The number of likely N-dealkylation sites (tertiary alicyclic amines) is 1. The van der Waals surface area contributed by atoms with Crippen LogP contribution in [0.4, 0.5) is 8.78 Å². The number of alkyl halides is 2. The number of halogens is 2. The zero-order chi connectivity index (χ0) is 26.4. The topological polar surface area (TPSA) is 87.5 Å². The van der Waals surface area contributed by atoms with Gasteiger partial charge in [-0.1, -0.05) is 6.07 Å². The van der Waals surface area contributed by atoms with Crippen LogP contribution < -0.4 is 4.74 Å². The number of carbonyl (C=O) groups is 1. The molecule has 194 valence electrons. The molecule has 8 nitrogen and oxygen atoms in total. The zero-order valence-electron chi connectivity index (χ0n) is 20.7. The summed E-state index contributed by atoms with van der Waals surface area (Å²) in [4.78, 5) is 16.5. The van der Waals surface area contributed by atoms with E-state index in [1.54, 1.807) is 6.26 Å². The van der Waals surface area contributed by atoms with Crippen LogP contribution in [0.1, 0.15) is 28.4 Å². The first-order valence-electron chi connectivity index (χ1n) is 12.4. The first kappa shape index (κ1) is 24.1. The Hall–Kier alpha value is -4.23. The molecule has 4 heterocycles. The number of nitrogens with zero attached hydrogens (tertiary/aromatic N) is 5. The summed E-state index contributed by atoms with van der Waals surface area (Å²) in [6.45, 7) is -0.846. The molecule has 6 rings (SSSR count). The van der Waals surface area contributed by atoms with Crippen molar-refractivity contribution in [1.82, 2.24) is 19.6 Å². The lowest BCUT2D eigenvalue weighted by Gasteiger charge is -2.28. The maximum Gasteiger partial charge on any atom is 0.387 e. The minimum absolute atomic E-state index is 0.0797. The van der Waals surface area contributed by atoms with Gasteiger partial charge in [0.25, 0.3) is 5.91 Å². The van der Waals surface area contributed by atoms with Crippen molar-refractivity contribution in [2.45, 2.75) is 25.5 Å². The van der Waals surface area contributed by atoms with Crippen LogP contribution >= 0.6 is 0 Å². The van der Waals surface area contributed by atoms with Gasteiger partial charge in [0.15, 0.2) is 0 Å². The summed E-state index contributed by atoms with van der Waals surface area (Å²) in [6, 6.07) is 11.4. The van der Waals surface area contributed by atoms with Crippen LogP contribution in [0.25, 0.3) is 33.2 Å². The second-order valence-corrected chi connectivity index (χ2v) is 9.80. The highest BCUT2D eigenvalue weighted by Gasteiger charge is 2.30. The van der Waals surface area contributed by atoms with Crippen molar-refractivity contribution in [2.75, 3.05) is 33.2 Å². The van der Waals surface area contributed by atoms with Crippen molar-refractivity contribution in [3.05, 3.63) is 60.1 Å². The number of aromatic nitrogens is 2. The van der Waals surface area contributed by atoms with E-state index in [0.29, 0.717) is 41.3 Å². The summed E-state index contributed by atoms with van der Waals surface area (Å²) in [5.41, 5.74) is 4.61. The Morgan fingerprint density at radius 2 is 2.08 bits per heavy atom. The average molecular weight is 518 g/mol. The van der Waals surface area contributed by atoms with Gasteiger partial charge in [-0.2, -0.15) is 19.1 Å². The molecular weight excluding hydrogens is 492 g/mol. The predicted molar refractivity (Wildman–Crippen MR) is 136 cm³/mol. The van der Waals surface area contributed by atoms with Gasteiger partial charge in [-0.25, -0.2) is 0 Å². The average Bonchev–Trinajstić information content (AvgIpc) is 3.64. The maximum atomic E-state index is 13.3. The Kier molecular flexibility index (Phi) is 6.08. The molecule has 2 aliphatic rings. The fourth-order valence-corrected chi connectivity index (χ4v) is 5.45. The van der Waals surface area contributed by atoms with Crippen molar-refractivity contribution in [3.63, 3.8) is 0 Å². The number of hydrogen-bond acceptors (Lipinski definition) is 6. The lowest BCUT2D eigenvalue weighted by Crippen LogP contribution is -2.38. The van der Waals surface area contributed by atoms with Crippen molar-refractivity contribution < 1.29 is 22.7 Å². The number of ether oxygens (including phenoxy) is 1. The number of hydrogen-bond donors (Lipinski definition) is 0. The normalized spacial score (nSPS) is 17.8. The van der Waals surface area contributed by atoms with Crippen LogP contribution in [-0.2, 0) is 6.42 Å². The van der Waals surface area contributed by atoms with Crippen molar-refractivity contribution in [1.29, 1.82) is 5.26 Å². The molecular formula is C28H25F2N5O3. The molecule has 38 heavy (non-hydrogen) atoms. The monoisotopic (exact) mass is 517 g/mol. The van der Waals surface area contributed by atoms with E-state index in [1.165, 1.54) is 11.0 Å². The largest absolute Gasteiger partial charge is 0.464 e. The Balaban J connectivity index is 1.35. The van der Waals surface area contributed by atoms with Crippen molar-refractivity contribution in [2.24, 2.45) is 0 Å². The minimum atomic E-state index is -3.09. The third kappa shape index (κ3) is 4.29. The van der Waals surface area contributed by atoms with E-state index in [1.807, 2.05) is 41.2 Å². The Morgan fingerprint density at radius 3 is 2.84 bits per heavy atom. The molecule has 0 N–H and O–H groups in total. The van der Waals surface area contributed by atoms with Crippen LogP contribution in [0, 0.1) is 11.3 Å². The summed E-state index contributed by atoms with van der Waals surface area (Å²) in [5.74, 6) is -0.683. The van der Waals surface area contributed by atoms with E-state index < -0.39 is 12.5 Å². The molecule has 1 amide bonds. The van der Waals surface area contributed by atoms with E-state index >= 15 is 0 Å². The molecule has 0 spiro atoms. The number of rotatable bonds is 6. The number of benzene rings is 2. The van der Waals surface area contributed by atoms with Gasteiger partial charge in [-0.15, -0.1) is 0 Å². The third-order valence-electron chi connectivity index (χ3n) is 7.38. The van der Waals surface area contributed by atoms with Gasteiger partial charge >= 0.3 is 6.61 Å². The first-order valence-corrected chi connectivity index (χ1v) is 12.4. The van der Waals surface area contributed by atoms with Gasteiger partial charge in [0, 0.05) is 35.8 Å². The SMILES string of the molecule is CN1CCC(n2cc(-c3ccc4c(-c5cc6c(c(OC(F)F)c5)C(=O)N(CC#N)CC6)coc4c3)cn2)C1. The van der Waals surface area contributed by atoms with Crippen molar-refractivity contribution in [3.8, 4) is 34.1 Å². The number of likely N-dealkylation sites (N-methyl/N-ethyl adjacent to an activating group) is 1. The zero-order valence-corrected chi connectivity index (χ0v) is 20.7. The number of fused-ring (bicyclic) bond motifs is 2. The number of carbonyl (C=O) groups excluding carboxylic acids is 1. The second kappa shape index (κ2) is 9.58. The highest BCUT2D eigenvalue weighted by Crippen LogP contribution is 2.39. The van der Waals surface area contributed by atoms with Gasteiger partial charge in [0.2, 0.25) is 0 Å². The van der Waals surface area contributed by atoms with Crippen LogP contribution in [0.15, 0.2) is 53.4 Å². The summed E-state index contributed by atoms with van der Waals surface area (Å²) in [5, 5.41) is 14.4. The molecule has 2 aromatic heterocycles. The molecule has 0 saturated carbocycles.